The van der Waals surface area contributed by atoms with E-state index in [2.05, 4.69) is 28.4 Å². The number of hydrogen-bond donors (Lipinski definition) is 1. The normalized spacial score (nSPS) is 10.4. The first-order valence-electron chi connectivity index (χ1n) is 4.21. The Labute approximate surface area is 87.0 Å². The van der Waals surface area contributed by atoms with Crippen LogP contribution in [-0.2, 0) is 0 Å². The van der Waals surface area contributed by atoms with Gasteiger partial charge in [0.2, 0.25) is 0 Å². The topological polar surface area (TPSA) is 41.6 Å². The summed E-state index contributed by atoms with van der Waals surface area (Å²) in [6, 6.07) is 8.11. The third-order valence-corrected chi connectivity index (χ3v) is 2.37. The van der Waals surface area contributed by atoms with Crippen molar-refractivity contribution in [3.05, 3.63) is 36.1 Å². The number of rotatable bonds is 2. The van der Waals surface area contributed by atoms with Crippen molar-refractivity contribution in [1.29, 1.82) is 0 Å². The van der Waals surface area contributed by atoms with E-state index < -0.39 is 0 Å². The third kappa shape index (κ3) is 1.80. The van der Waals surface area contributed by atoms with Crippen LogP contribution in [-0.4, -0.2) is 15.2 Å². The van der Waals surface area contributed by atoms with Crippen LogP contribution in [0.15, 0.2) is 29.4 Å². The van der Waals surface area contributed by atoms with Crippen LogP contribution >= 0.6 is 11.8 Å². The van der Waals surface area contributed by atoms with Crippen molar-refractivity contribution < 1.29 is 0 Å². The fourth-order valence-electron chi connectivity index (χ4n) is 1.14. The van der Waals surface area contributed by atoms with E-state index >= 15 is 0 Å². The SMILES string of the molecule is [CH2]Sc1nc(-c2ccc(C)cc2)n[nH]1. The minimum Gasteiger partial charge on any atom is -0.254 e. The summed E-state index contributed by atoms with van der Waals surface area (Å²) in [5.74, 6) is 0.719. The predicted molar refractivity (Wildman–Crippen MR) is 57.8 cm³/mol. The Kier molecular flexibility index (Phi) is 2.54. The van der Waals surface area contributed by atoms with Gasteiger partial charge in [-0.1, -0.05) is 41.6 Å². The van der Waals surface area contributed by atoms with Crippen molar-refractivity contribution in [2.45, 2.75) is 12.1 Å². The van der Waals surface area contributed by atoms with Crippen LogP contribution in [0.4, 0.5) is 0 Å². The summed E-state index contributed by atoms with van der Waals surface area (Å²) in [6.45, 7) is 2.05. The van der Waals surface area contributed by atoms with E-state index in [1.54, 1.807) is 0 Å². The highest BCUT2D eigenvalue weighted by atomic mass is 32.2. The lowest BCUT2D eigenvalue weighted by atomic mass is 10.1. The van der Waals surface area contributed by atoms with Crippen LogP contribution in [0.2, 0.25) is 0 Å². The molecule has 0 saturated carbocycles. The molecule has 3 nitrogen and oxygen atoms in total. The standard InChI is InChI=1S/C10H10N3S/c1-7-3-5-8(6-4-7)9-11-10(14-2)13-12-9/h3-6H,2H2,1H3,(H,11,12,13). The van der Waals surface area contributed by atoms with Gasteiger partial charge in [-0.25, -0.2) is 4.98 Å². The molecule has 1 heterocycles. The second-order valence-electron chi connectivity index (χ2n) is 2.97. The van der Waals surface area contributed by atoms with Gasteiger partial charge in [0.05, 0.1) is 0 Å². The van der Waals surface area contributed by atoms with Gasteiger partial charge in [0.1, 0.15) is 0 Å². The predicted octanol–water partition coefficient (Wildman–Crippen LogP) is 2.66. The quantitative estimate of drug-likeness (QED) is 0.765. The minimum absolute atomic E-state index is 0.719. The van der Waals surface area contributed by atoms with Gasteiger partial charge in [-0.15, -0.1) is 0 Å². The largest absolute Gasteiger partial charge is 0.254 e. The number of aryl methyl sites for hydroxylation is 1. The number of hydrogen-bond acceptors (Lipinski definition) is 3. The first kappa shape index (κ1) is 9.27. The van der Waals surface area contributed by atoms with Gasteiger partial charge in [0, 0.05) is 11.8 Å². The molecule has 0 aliphatic heterocycles. The van der Waals surface area contributed by atoms with E-state index in [0.717, 1.165) is 16.5 Å². The highest BCUT2D eigenvalue weighted by molar-refractivity contribution is 8.00. The molecule has 4 heteroatoms. The van der Waals surface area contributed by atoms with Crippen molar-refractivity contribution in [1.82, 2.24) is 15.2 Å². The van der Waals surface area contributed by atoms with Crippen LogP contribution in [0.5, 0.6) is 0 Å². The average molecular weight is 204 g/mol. The number of aromatic nitrogens is 3. The molecule has 0 aliphatic carbocycles. The number of nitrogens with zero attached hydrogens (tertiary/aromatic N) is 2. The van der Waals surface area contributed by atoms with Crippen LogP contribution in [0.25, 0.3) is 11.4 Å². The lowest BCUT2D eigenvalue weighted by Crippen LogP contribution is -1.80. The molecule has 0 amide bonds. The zero-order chi connectivity index (χ0) is 9.97. The molecule has 1 radical (unpaired) electrons. The Morgan fingerprint density at radius 2 is 2.00 bits per heavy atom. The summed E-state index contributed by atoms with van der Waals surface area (Å²) in [6.07, 6.45) is 3.66. The molecule has 0 saturated heterocycles. The Bertz CT molecular complexity index is 419. The van der Waals surface area contributed by atoms with Crippen LogP contribution < -0.4 is 0 Å². The summed E-state index contributed by atoms with van der Waals surface area (Å²) in [5, 5.41) is 7.63. The van der Waals surface area contributed by atoms with Crippen molar-refractivity contribution in [2.24, 2.45) is 0 Å². The van der Waals surface area contributed by atoms with Gasteiger partial charge in [-0.05, 0) is 6.92 Å². The van der Waals surface area contributed by atoms with E-state index in [1.165, 1.54) is 17.3 Å². The van der Waals surface area contributed by atoms with Crippen LogP contribution in [0.3, 0.4) is 0 Å². The lowest BCUT2D eigenvalue weighted by Gasteiger charge is -1.94. The first-order valence-corrected chi connectivity index (χ1v) is 5.19. The second-order valence-corrected chi connectivity index (χ2v) is 3.65. The summed E-state index contributed by atoms with van der Waals surface area (Å²) >= 11 is 1.31. The van der Waals surface area contributed by atoms with Gasteiger partial charge in [-0.2, -0.15) is 5.10 Å². The Morgan fingerprint density at radius 1 is 1.29 bits per heavy atom. The molecule has 0 unspecified atom stereocenters. The van der Waals surface area contributed by atoms with Gasteiger partial charge in [0.15, 0.2) is 11.0 Å². The van der Waals surface area contributed by atoms with Gasteiger partial charge >= 0.3 is 0 Å². The summed E-state index contributed by atoms with van der Waals surface area (Å²) in [5.41, 5.74) is 2.25. The van der Waals surface area contributed by atoms with Crippen LogP contribution in [0, 0.1) is 13.2 Å². The first-order chi connectivity index (χ1) is 6.79. The van der Waals surface area contributed by atoms with Gasteiger partial charge < -0.3 is 0 Å². The number of H-pyrrole nitrogens is 1. The van der Waals surface area contributed by atoms with E-state index in [-0.39, 0.29) is 0 Å². The number of thioether (sulfide) groups is 1. The van der Waals surface area contributed by atoms with Crippen molar-refractivity contribution in [2.75, 3.05) is 0 Å². The Hall–Kier alpha value is -1.29. The number of benzene rings is 1. The highest BCUT2D eigenvalue weighted by Crippen LogP contribution is 2.18. The van der Waals surface area contributed by atoms with E-state index in [4.69, 9.17) is 0 Å². The molecule has 1 aromatic heterocycles. The minimum atomic E-state index is 0.719. The number of aromatic amines is 1. The molecule has 0 spiro atoms. The monoisotopic (exact) mass is 204 g/mol. The van der Waals surface area contributed by atoms with Gasteiger partial charge in [-0.3, -0.25) is 5.10 Å². The molecule has 71 valence electrons. The molecule has 0 aliphatic rings. The van der Waals surface area contributed by atoms with Crippen molar-refractivity contribution >= 4 is 11.8 Å². The molecule has 0 fully saturated rings. The maximum Gasteiger partial charge on any atom is 0.184 e. The smallest absolute Gasteiger partial charge is 0.184 e. The molecule has 0 atom stereocenters. The Balaban J connectivity index is 2.34. The molecular weight excluding hydrogens is 194 g/mol. The van der Waals surface area contributed by atoms with E-state index in [0.29, 0.717) is 0 Å². The van der Waals surface area contributed by atoms with E-state index in [9.17, 15) is 0 Å². The zero-order valence-corrected chi connectivity index (χ0v) is 8.64. The van der Waals surface area contributed by atoms with Crippen LogP contribution in [0.1, 0.15) is 5.56 Å². The maximum absolute atomic E-state index is 4.26. The Morgan fingerprint density at radius 3 is 2.57 bits per heavy atom. The molecule has 1 N–H and O–H groups in total. The molecule has 0 bridgehead atoms. The summed E-state index contributed by atoms with van der Waals surface area (Å²) in [4.78, 5) is 4.26. The molecule has 1 aromatic carbocycles. The zero-order valence-electron chi connectivity index (χ0n) is 7.82. The second kappa shape index (κ2) is 3.84. The van der Waals surface area contributed by atoms with Crippen molar-refractivity contribution in [3.8, 4) is 11.4 Å². The summed E-state index contributed by atoms with van der Waals surface area (Å²) < 4.78 is 0. The fourth-order valence-corrected chi connectivity index (χ4v) is 1.40. The van der Waals surface area contributed by atoms with Gasteiger partial charge in [0.25, 0.3) is 0 Å². The third-order valence-electron chi connectivity index (χ3n) is 1.91. The molecule has 2 aromatic rings. The average Bonchev–Trinajstić information content (AvgIpc) is 2.67. The lowest BCUT2D eigenvalue weighted by molar-refractivity contribution is 0.977. The highest BCUT2D eigenvalue weighted by Gasteiger charge is 2.03. The van der Waals surface area contributed by atoms with E-state index in [1.807, 2.05) is 24.3 Å². The molecular formula is C10H10N3S. The molecule has 14 heavy (non-hydrogen) atoms. The molecule has 2 rings (SSSR count). The maximum atomic E-state index is 4.26. The fraction of sp³-hybridized carbons (Fsp3) is 0.100. The van der Waals surface area contributed by atoms with Crippen molar-refractivity contribution in [3.63, 3.8) is 0 Å². The summed E-state index contributed by atoms with van der Waals surface area (Å²) in [7, 11) is 0. The number of nitrogens with one attached hydrogen (secondary N) is 1.